The molecular weight excluding hydrogens is 288 g/mol. The maximum Gasteiger partial charge on any atom is 0.206 e. The second-order valence-electron chi connectivity index (χ2n) is 5.43. The number of ether oxygens (including phenoxy) is 1. The lowest BCUT2D eigenvalue weighted by Gasteiger charge is -2.29. The Morgan fingerprint density at radius 3 is 2.57 bits per heavy atom. The first-order chi connectivity index (χ1) is 9.93. The molecule has 1 saturated heterocycles. The zero-order chi connectivity index (χ0) is 13.4. The number of anilines is 2. The van der Waals surface area contributed by atoms with Crippen LogP contribution in [0.3, 0.4) is 0 Å². The largest absolute Gasteiger partial charge is 0.379 e. The molecule has 0 aromatic heterocycles. The van der Waals surface area contributed by atoms with Crippen molar-refractivity contribution in [3.05, 3.63) is 24.3 Å². The Morgan fingerprint density at radius 1 is 1.00 bits per heavy atom. The Bertz CT molecular complexity index is 530. The van der Waals surface area contributed by atoms with Crippen LogP contribution in [0, 0.1) is 0 Å². The van der Waals surface area contributed by atoms with Crippen molar-refractivity contribution in [1.82, 2.24) is 4.90 Å². The van der Waals surface area contributed by atoms with Crippen LogP contribution < -0.4 is 9.80 Å². The number of rotatable bonds is 3. The molecule has 21 heavy (non-hydrogen) atoms. The van der Waals surface area contributed by atoms with Crippen LogP contribution >= 0.6 is 12.4 Å². The standard InChI is InChI=1S/C15H20N4O.ClH/c1-2-4-14-13(3-1)18-6-5-16-15(18)19(14)8-7-17-9-11-20-12-10-17;/h1-4H,5-12H2;1H. The van der Waals surface area contributed by atoms with E-state index in [-0.39, 0.29) is 12.4 Å². The van der Waals surface area contributed by atoms with Crippen molar-refractivity contribution in [2.24, 2.45) is 4.99 Å². The van der Waals surface area contributed by atoms with Gasteiger partial charge in [0.2, 0.25) is 5.96 Å². The first-order valence-corrected chi connectivity index (χ1v) is 7.42. The minimum Gasteiger partial charge on any atom is -0.379 e. The molecule has 114 valence electrons. The summed E-state index contributed by atoms with van der Waals surface area (Å²) in [5.41, 5.74) is 2.62. The number of benzene rings is 1. The summed E-state index contributed by atoms with van der Waals surface area (Å²) >= 11 is 0. The fraction of sp³-hybridized carbons (Fsp3) is 0.533. The average molecular weight is 309 g/mol. The normalized spacial score (nSPS) is 20.9. The van der Waals surface area contributed by atoms with Crippen molar-refractivity contribution in [3.63, 3.8) is 0 Å². The smallest absolute Gasteiger partial charge is 0.206 e. The van der Waals surface area contributed by atoms with Crippen LogP contribution in [0.15, 0.2) is 29.3 Å². The molecule has 0 N–H and O–H groups in total. The number of fused-ring (bicyclic) bond motifs is 3. The third-order valence-electron chi connectivity index (χ3n) is 4.27. The predicted molar refractivity (Wildman–Crippen MR) is 87.9 cm³/mol. The Labute approximate surface area is 131 Å². The molecule has 1 aromatic rings. The fourth-order valence-electron chi connectivity index (χ4n) is 3.21. The maximum absolute atomic E-state index is 5.41. The van der Waals surface area contributed by atoms with Crippen LogP contribution in [0.25, 0.3) is 0 Å². The number of para-hydroxylation sites is 2. The maximum atomic E-state index is 5.41. The fourth-order valence-corrected chi connectivity index (χ4v) is 3.21. The average Bonchev–Trinajstić information content (AvgIpc) is 3.07. The van der Waals surface area contributed by atoms with E-state index in [2.05, 4.69) is 44.0 Å². The molecular formula is C15H21ClN4O. The molecule has 4 rings (SSSR count). The van der Waals surface area contributed by atoms with Crippen LogP contribution in [0.2, 0.25) is 0 Å². The summed E-state index contributed by atoms with van der Waals surface area (Å²) in [5.74, 6) is 1.14. The van der Waals surface area contributed by atoms with E-state index in [1.807, 2.05) is 0 Å². The number of aliphatic imine (C=N–C) groups is 1. The van der Waals surface area contributed by atoms with E-state index in [0.717, 1.165) is 58.4 Å². The van der Waals surface area contributed by atoms with Crippen molar-refractivity contribution >= 4 is 29.7 Å². The number of nitrogens with zero attached hydrogens (tertiary/aromatic N) is 4. The van der Waals surface area contributed by atoms with Gasteiger partial charge in [0.25, 0.3) is 0 Å². The predicted octanol–water partition coefficient (Wildman–Crippen LogP) is 1.44. The highest BCUT2D eigenvalue weighted by Gasteiger charge is 2.34. The molecule has 1 fully saturated rings. The van der Waals surface area contributed by atoms with Crippen molar-refractivity contribution in [1.29, 1.82) is 0 Å². The summed E-state index contributed by atoms with van der Waals surface area (Å²) in [6.45, 7) is 7.83. The molecule has 0 saturated carbocycles. The summed E-state index contributed by atoms with van der Waals surface area (Å²) in [7, 11) is 0. The minimum absolute atomic E-state index is 0. The highest BCUT2D eigenvalue weighted by atomic mass is 35.5. The molecule has 3 aliphatic heterocycles. The van der Waals surface area contributed by atoms with Crippen molar-refractivity contribution in [3.8, 4) is 0 Å². The topological polar surface area (TPSA) is 31.3 Å². The van der Waals surface area contributed by atoms with Crippen LogP contribution in [-0.2, 0) is 4.74 Å². The lowest BCUT2D eigenvalue weighted by Crippen LogP contribution is -2.44. The quantitative estimate of drug-likeness (QED) is 0.845. The van der Waals surface area contributed by atoms with Crippen LogP contribution in [0.1, 0.15) is 0 Å². The molecule has 3 heterocycles. The molecule has 1 aromatic carbocycles. The molecule has 0 bridgehead atoms. The van der Waals surface area contributed by atoms with Crippen molar-refractivity contribution < 1.29 is 4.74 Å². The second-order valence-corrected chi connectivity index (χ2v) is 5.43. The van der Waals surface area contributed by atoms with Gasteiger partial charge >= 0.3 is 0 Å². The number of hydrogen-bond donors (Lipinski definition) is 0. The summed E-state index contributed by atoms with van der Waals surface area (Å²) in [5, 5.41) is 0. The molecule has 6 heteroatoms. The molecule has 0 radical (unpaired) electrons. The van der Waals surface area contributed by atoms with E-state index in [1.54, 1.807) is 0 Å². The zero-order valence-corrected chi connectivity index (χ0v) is 12.9. The highest BCUT2D eigenvalue weighted by Crippen LogP contribution is 2.38. The van der Waals surface area contributed by atoms with Crippen LogP contribution in [0.5, 0.6) is 0 Å². The number of hydrogen-bond acceptors (Lipinski definition) is 5. The summed E-state index contributed by atoms with van der Waals surface area (Å²) in [6, 6.07) is 8.63. The van der Waals surface area contributed by atoms with Gasteiger partial charge in [0.05, 0.1) is 31.1 Å². The second kappa shape index (κ2) is 6.22. The van der Waals surface area contributed by atoms with Gasteiger partial charge < -0.3 is 14.5 Å². The third-order valence-corrected chi connectivity index (χ3v) is 4.27. The van der Waals surface area contributed by atoms with Gasteiger partial charge in [-0.15, -0.1) is 12.4 Å². The summed E-state index contributed by atoms with van der Waals surface area (Å²) < 4.78 is 5.41. The molecule has 0 amide bonds. The molecule has 0 aliphatic carbocycles. The van der Waals surface area contributed by atoms with Gasteiger partial charge in [-0.3, -0.25) is 9.89 Å². The van der Waals surface area contributed by atoms with Gasteiger partial charge in [-0.05, 0) is 12.1 Å². The first kappa shape index (κ1) is 14.6. The van der Waals surface area contributed by atoms with Crippen molar-refractivity contribution in [2.45, 2.75) is 0 Å². The van der Waals surface area contributed by atoms with E-state index >= 15 is 0 Å². The van der Waals surface area contributed by atoms with Gasteiger partial charge in [-0.25, -0.2) is 0 Å². The van der Waals surface area contributed by atoms with Crippen molar-refractivity contribution in [2.75, 3.05) is 62.3 Å². The highest BCUT2D eigenvalue weighted by molar-refractivity contribution is 6.17. The van der Waals surface area contributed by atoms with Gasteiger partial charge in [0.15, 0.2) is 0 Å². The number of guanidine groups is 1. The Kier molecular flexibility index (Phi) is 4.33. The Morgan fingerprint density at radius 2 is 1.76 bits per heavy atom. The lowest BCUT2D eigenvalue weighted by atomic mass is 10.2. The number of halogens is 1. The SMILES string of the molecule is Cl.c1ccc2c(c1)N1CCN=C1N2CCN1CCOCC1. The summed E-state index contributed by atoms with van der Waals surface area (Å²) in [6.07, 6.45) is 0. The van der Waals surface area contributed by atoms with Gasteiger partial charge in [0.1, 0.15) is 0 Å². The van der Waals surface area contributed by atoms with E-state index in [4.69, 9.17) is 4.74 Å². The van der Waals surface area contributed by atoms with E-state index in [1.165, 1.54) is 11.4 Å². The third kappa shape index (κ3) is 2.61. The van der Waals surface area contributed by atoms with E-state index < -0.39 is 0 Å². The molecule has 0 spiro atoms. The Hall–Kier alpha value is -1.30. The zero-order valence-electron chi connectivity index (χ0n) is 12.1. The summed E-state index contributed by atoms with van der Waals surface area (Å²) in [4.78, 5) is 11.9. The monoisotopic (exact) mass is 308 g/mol. The van der Waals surface area contributed by atoms with Gasteiger partial charge in [-0.2, -0.15) is 0 Å². The molecule has 0 atom stereocenters. The minimum atomic E-state index is 0. The molecule has 0 unspecified atom stereocenters. The van der Waals surface area contributed by atoms with Gasteiger partial charge in [-0.1, -0.05) is 12.1 Å². The first-order valence-electron chi connectivity index (χ1n) is 7.42. The molecule has 5 nitrogen and oxygen atoms in total. The van der Waals surface area contributed by atoms with Crippen LogP contribution in [0.4, 0.5) is 11.4 Å². The van der Waals surface area contributed by atoms with Crippen LogP contribution in [-0.4, -0.2) is 63.3 Å². The van der Waals surface area contributed by atoms with E-state index in [0.29, 0.717) is 0 Å². The van der Waals surface area contributed by atoms with Gasteiger partial charge in [0, 0.05) is 32.7 Å². The van der Waals surface area contributed by atoms with E-state index in [9.17, 15) is 0 Å². The molecule has 3 aliphatic rings. The Balaban J connectivity index is 0.00000132. The lowest BCUT2D eigenvalue weighted by molar-refractivity contribution is 0.0395. The number of morpholine rings is 1.